The molecule has 0 amide bonds. The molecule has 0 saturated carbocycles. The average Bonchev–Trinajstić information content (AvgIpc) is 3.29. The molecule has 5 heteroatoms. The molecule has 4 aromatic rings. The fourth-order valence-electron chi connectivity index (χ4n) is 3.92. The van der Waals surface area contributed by atoms with Crippen molar-refractivity contribution < 1.29 is 17.7 Å². The van der Waals surface area contributed by atoms with E-state index >= 15 is 0 Å². The number of fused-ring (bicyclic) bond motifs is 2. The molecule has 0 bridgehead atoms. The van der Waals surface area contributed by atoms with Crippen molar-refractivity contribution in [2.24, 2.45) is 0 Å². The van der Waals surface area contributed by atoms with Crippen LogP contribution >= 0.6 is 0 Å². The quantitative estimate of drug-likeness (QED) is 0.451. The molecule has 0 saturated heterocycles. The van der Waals surface area contributed by atoms with Crippen LogP contribution in [0.4, 0.5) is 0 Å². The van der Waals surface area contributed by atoms with Gasteiger partial charge in [-0.25, -0.2) is 0 Å². The maximum absolute atomic E-state index is 6.44. The van der Waals surface area contributed by atoms with Crippen LogP contribution in [0.3, 0.4) is 0 Å². The van der Waals surface area contributed by atoms with Gasteiger partial charge in [0.1, 0.15) is 0 Å². The van der Waals surface area contributed by atoms with E-state index in [1.54, 1.807) is 0 Å². The van der Waals surface area contributed by atoms with Crippen molar-refractivity contribution in [3.8, 4) is 34.1 Å². The number of benzene rings is 4. The SMILES string of the molecule is c1ccc(-c2ccc([Si-]34(Oc5ccccc5O3)Oc3ccccc3O4)cc2)cc1. The Labute approximate surface area is 168 Å². The van der Waals surface area contributed by atoms with Crippen LogP contribution in [0.1, 0.15) is 0 Å². The molecule has 0 aromatic heterocycles. The molecule has 2 aliphatic rings. The van der Waals surface area contributed by atoms with E-state index in [1.807, 2.05) is 91.0 Å². The van der Waals surface area contributed by atoms with Crippen LogP contribution in [-0.4, -0.2) is 8.33 Å². The van der Waals surface area contributed by atoms with Crippen LogP contribution in [0.2, 0.25) is 0 Å². The van der Waals surface area contributed by atoms with Crippen LogP contribution in [-0.2, 0) is 0 Å². The van der Waals surface area contributed by atoms with Gasteiger partial charge in [0.05, 0.1) is 0 Å². The predicted octanol–water partition coefficient (Wildman–Crippen LogP) is 4.89. The molecule has 6 rings (SSSR count). The molecule has 0 atom stereocenters. The van der Waals surface area contributed by atoms with Gasteiger partial charge in [0, 0.05) is 0 Å². The standard InChI is InChI=1S/C24H17O4Si/c1-2-8-18(9-3-1)19-14-16-20(17-15-19)29(25-21-10-4-5-11-22(21)26-29)27-23-12-6-7-13-24(23)28-29/h1-17H/q-1. The van der Waals surface area contributed by atoms with Crippen LogP contribution in [0.15, 0.2) is 103 Å². The average molecular weight is 397 g/mol. The van der Waals surface area contributed by atoms with Crippen molar-refractivity contribution >= 4 is 13.5 Å². The molecular weight excluding hydrogens is 380 g/mol. The third-order valence-corrected chi connectivity index (χ3v) is 8.87. The molecule has 1 spiro atoms. The Morgan fingerprint density at radius 3 is 1.21 bits per heavy atom. The molecule has 0 N–H and O–H groups in total. The zero-order valence-corrected chi connectivity index (χ0v) is 16.4. The third-order valence-electron chi connectivity index (χ3n) is 5.31. The topological polar surface area (TPSA) is 36.9 Å². The van der Waals surface area contributed by atoms with E-state index < -0.39 is 8.33 Å². The van der Waals surface area contributed by atoms with Crippen molar-refractivity contribution in [2.45, 2.75) is 0 Å². The van der Waals surface area contributed by atoms with E-state index in [4.69, 9.17) is 17.7 Å². The van der Waals surface area contributed by atoms with Gasteiger partial charge in [0.25, 0.3) is 0 Å². The van der Waals surface area contributed by atoms with Crippen molar-refractivity contribution in [3.05, 3.63) is 103 Å². The van der Waals surface area contributed by atoms with E-state index in [2.05, 4.69) is 12.1 Å². The van der Waals surface area contributed by atoms with Gasteiger partial charge in [-0.15, -0.1) is 0 Å². The molecule has 0 fully saturated rings. The number of hydrogen-bond acceptors (Lipinski definition) is 4. The summed E-state index contributed by atoms with van der Waals surface area (Å²) < 4.78 is 25.8. The van der Waals surface area contributed by atoms with Crippen LogP contribution in [0.5, 0.6) is 23.0 Å². The van der Waals surface area contributed by atoms with E-state index in [1.165, 1.54) is 0 Å². The summed E-state index contributed by atoms with van der Waals surface area (Å²) in [4.78, 5) is 0. The monoisotopic (exact) mass is 397 g/mol. The molecular formula is C24H17O4Si-. The maximum atomic E-state index is 6.44. The minimum absolute atomic E-state index is 0.626. The Balaban J connectivity index is 1.50. The first-order valence-corrected chi connectivity index (χ1v) is 11.7. The third kappa shape index (κ3) is 2.31. The summed E-state index contributed by atoms with van der Waals surface area (Å²) >= 11 is 0. The first kappa shape index (κ1) is 16.3. The molecule has 2 heterocycles. The zero-order chi connectivity index (χ0) is 19.3. The second-order valence-corrected chi connectivity index (χ2v) is 10.4. The van der Waals surface area contributed by atoms with Gasteiger partial charge in [0.15, 0.2) is 0 Å². The van der Waals surface area contributed by atoms with E-state index in [9.17, 15) is 0 Å². The Kier molecular flexibility index (Phi) is 3.17. The first-order chi connectivity index (χ1) is 14.2. The summed E-state index contributed by atoms with van der Waals surface area (Å²) in [5.41, 5.74) is 2.24. The fraction of sp³-hybridized carbons (Fsp3) is 0. The number of rotatable bonds is 2. The second kappa shape index (κ2) is 5.65. The number of para-hydroxylation sites is 4. The second-order valence-electron chi connectivity index (χ2n) is 7.15. The van der Waals surface area contributed by atoms with Gasteiger partial charge >= 0.3 is 168 Å². The fourth-order valence-corrected chi connectivity index (χ4v) is 7.55. The summed E-state index contributed by atoms with van der Waals surface area (Å²) in [6.07, 6.45) is 0. The number of hydrogen-bond donors (Lipinski definition) is 0. The van der Waals surface area contributed by atoms with Crippen molar-refractivity contribution in [2.75, 3.05) is 0 Å². The molecule has 2 aliphatic heterocycles. The Bertz CT molecular complexity index is 1110. The Morgan fingerprint density at radius 2 is 0.759 bits per heavy atom. The van der Waals surface area contributed by atoms with Crippen LogP contribution < -0.4 is 22.9 Å². The summed E-state index contributed by atoms with van der Waals surface area (Å²) in [7, 11) is -4.45. The molecule has 0 unspecified atom stereocenters. The molecule has 4 aromatic carbocycles. The molecule has 29 heavy (non-hydrogen) atoms. The van der Waals surface area contributed by atoms with Gasteiger partial charge in [-0.3, -0.25) is 0 Å². The van der Waals surface area contributed by atoms with Crippen molar-refractivity contribution in [3.63, 3.8) is 0 Å². The van der Waals surface area contributed by atoms with Gasteiger partial charge < -0.3 is 0 Å². The minimum atomic E-state index is -4.45. The van der Waals surface area contributed by atoms with Crippen LogP contribution in [0, 0.1) is 0 Å². The summed E-state index contributed by atoms with van der Waals surface area (Å²) in [6, 6.07) is 33.4. The van der Waals surface area contributed by atoms with Crippen molar-refractivity contribution in [1.29, 1.82) is 0 Å². The summed E-state index contributed by atoms with van der Waals surface area (Å²) in [5, 5.41) is 0.761. The normalized spacial score (nSPS) is 18.1. The predicted molar refractivity (Wildman–Crippen MR) is 113 cm³/mol. The van der Waals surface area contributed by atoms with Gasteiger partial charge in [-0.1, -0.05) is 0 Å². The summed E-state index contributed by atoms with van der Waals surface area (Å²) in [5.74, 6) is 2.50. The molecule has 4 nitrogen and oxygen atoms in total. The molecule has 142 valence electrons. The molecule has 0 aliphatic carbocycles. The first-order valence-electron chi connectivity index (χ1n) is 9.52. The summed E-state index contributed by atoms with van der Waals surface area (Å²) in [6.45, 7) is 0. The van der Waals surface area contributed by atoms with Crippen LogP contribution in [0.25, 0.3) is 11.1 Å². The molecule has 0 radical (unpaired) electrons. The zero-order valence-electron chi connectivity index (χ0n) is 15.4. The van der Waals surface area contributed by atoms with Gasteiger partial charge in [-0.2, -0.15) is 0 Å². The van der Waals surface area contributed by atoms with E-state index in [0.717, 1.165) is 16.3 Å². The Hall–Kier alpha value is -3.70. The van der Waals surface area contributed by atoms with Gasteiger partial charge in [-0.05, 0) is 0 Å². The Morgan fingerprint density at radius 1 is 0.379 bits per heavy atom. The van der Waals surface area contributed by atoms with E-state index in [0.29, 0.717) is 23.0 Å². The van der Waals surface area contributed by atoms with E-state index in [-0.39, 0.29) is 0 Å². The van der Waals surface area contributed by atoms with Crippen molar-refractivity contribution in [1.82, 2.24) is 0 Å². The van der Waals surface area contributed by atoms with Gasteiger partial charge in [0.2, 0.25) is 0 Å².